The molecule has 1 aliphatic rings. The predicted octanol–water partition coefficient (Wildman–Crippen LogP) is 18.8. The minimum absolute atomic E-state index is 0.450. The largest absolute Gasteiger partial charge is 0.310 e. The maximum absolute atomic E-state index is 2.47. The number of fused-ring (bicyclic) bond motifs is 7. The molecule has 0 unspecified atom stereocenters. The van der Waals surface area contributed by atoms with E-state index in [0.717, 1.165) is 33.8 Å². The number of aromatic nitrogens is 1. The van der Waals surface area contributed by atoms with E-state index < -0.39 is 5.41 Å². The van der Waals surface area contributed by atoms with Crippen molar-refractivity contribution >= 4 is 49.6 Å². The maximum atomic E-state index is 2.47. The highest BCUT2D eigenvalue weighted by molar-refractivity contribution is 6.13. The third kappa shape index (κ3) is 6.94. The maximum Gasteiger partial charge on any atom is 0.0713 e. The summed E-state index contributed by atoms with van der Waals surface area (Å²) in [4.78, 5) is 2.40. The highest BCUT2D eigenvalue weighted by Gasteiger charge is 2.45. The molecule has 2 heteroatoms. The van der Waals surface area contributed by atoms with Gasteiger partial charge in [-0.1, -0.05) is 231 Å². The van der Waals surface area contributed by atoms with Crippen LogP contribution in [0.25, 0.3) is 82.8 Å². The van der Waals surface area contributed by atoms with E-state index in [0.29, 0.717) is 0 Å². The Hall–Kier alpha value is -9.50. The number of rotatable bonds is 9. The van der Waals surface area contributed by atoms with Crippen LogP contribution in [0.5, 0.6) is 0 Å². The van der Waals surface area contributed by atoms with Crippen molar-refractivity contribution in [2.75, 3.05) is 4.90 Å². The second kappa shape index (κ2) is 17.4. The van der Waals surface area contributed by atoms with Crippen molar-refractivity contribution in [3.63, 3.8) is 0 Å². The number of hydrogen-bond donors (Lipinski definition) is 0. The predicted molar refractivity (Wildman–Crippen MR) is 307 cm³/mol. The molecule has 0 saturated heterocycles. The lowest BCUT2D eigenvalue weighted by Crippen LogP contribution is -2.28. The molecule has 342 valence electrons. The number of benzene rings is 12. The van der Waals surface area contributed by atoms with Gasteiger partial charge in [-0.25, -0.2) is 0 Å². The van der Waals surface area contributed by atoms with Crippen LogP contribution in [-0.2, 0) is 5.41 Å². The lowest BCUT2D eigenvalue weighted by atomic mass is 9.67. The van der Waals surface area contributed by atoms with E-state index in [1.807, 2.05) is 0 Å². The van der Waals surface area contributed by atoms with Gasteiger partial charge in [-0.3, -0.25) is 0 Å². The Labute approximate surface area is 426 Å². The fourth-order valence-corrected chi connectivity index (χ4v) is 11.9. The summed E-state index contributed by atoms with van der Waals surface area (Å²) in [6.45, 7) is 0. The zero-order chi connectivity index (χ0) is 48.3. The summed E-state index contributed by atoms with van der Waals surface area (Å²) >= 11 is 0. The van der Waals surface area contributed by atoms with Gasteiger partial charge < -0.3 is 9.47 Å². The third-order valence-electron chi connectivity index (χ3n) is 15.3. The summed E-state index contributed by atoms with van der Waals surface area (Å²) in [6.07, 6.45) is 0. The van der Waals surface area contributed by atoms with Gasteiger partial charge >= 0.3 is 0 Å². The molecule has 12 aromatic carbocycles. The Kier molecular flexibility index (Phi) is 10.1. The Bertz CT molecular complexity index is 4020. The van der Waals surface area contributed by atoms with Crippen molar-refractivity contribution in [3.8, 4) is 50.2 Å². The second-order valence-corrected chi connectivity index (χ2v) is 19.2. The molecule has 0 aliphatic heterocycles. The standard InChI is InChI=1S/C71H48N2/c1-4-17-49(18-5-1)51-33-40-58(41-34-51)72(59-42-35-52(36-43-59)50-19-6-2-7-20-50)60-44-46-70-65(48-60)64-47-55(37-45-69(64)73(70)68-30-16-22-54-21-10-11-25-61(54)68)53-31-38-57(39-32-53)71(56-23-8-3-9-24-56)66-28-14-12-26-62(66)63-27-13-15-29-67(63)71/h1-48H. The molecule has 73 heavy (non-hydrogen) atoms. The van der Waals surface area contributed by atoms with E-state index >= 15 is 0 Å². The average molecular weight is 929 g/mol. The van der Waals surface area contributed by atoms with E-state index in [2.05, 4.69) is 301 Å². The van der Waals surface area contributed by atoms with Crippen LogP contribution in [0, 0.1) is 0 Å². The molecule has 0 spiro atoms. The van der Waals surface area contributed by atoms with Crippen LogP contribution in [0.2, 0.25) is 0 Å². The van der Waals surface area contributed by atoms with Gasteiger partial charge in [0, 0.05) is 33.2 Å². The van der Waals surface area contributed by atoms with Crippen LogP contribution in [0.4, 0.5) is 17.1 Å². The molecule has 0 atom stereocenters. The van der Waals surface area contributed by atoms with Gasteiger partial charge in [0.1, 0.15) is 0 Å². The SMILES string of the molecule is c1ccc(-c2ccc(N(c3ccc(-c4ccccc4)cc3)c3ccc4c(c3)c3cc(-c5ccc(C6(c7ccccc7)c7ccccc7-c7ccccc76)cc5)ccc3n4-c3cccc4ccccc34)cc2)cc1. The fourth-order valence-electron chi connectivity index (χ4n) is 11.9. The molecule has 14 rings (SSSR count). The molecule has 2 nitrogen and oxygen atoms in total. The van der Waals surface area contributed by atoms with Crippen LogP contribution in [-0.4, -0.2) is 4.57 Å². The third-order valence-corrected chi connectivity index (χ3v) is 15.3. The van der Waals surface area contributed by atoms with Gasteiger partial charge in [0.25, 0.3) is 0 Å². The van der Waals surface area contributed by atoms with Crippen molar-refractivity contribution < 1.29 is 0 Å². The molecule has 1 aromatic heterocycles. The Balaban J connectivity index is 0.944. The molecule has 0 N–H and O–H groups in total. The summed E-state index contributed by atoms with van der Waals surface area (Å²) in [5.41, 5.74) is 21.2. The van der Waals surface area contributed by atoms with Crippen molar-refractivity contribution in [3.05, 3.63) is 313 Å². The highest BCUT2D eigenvalue weighted by atomic mass is 15.1. The van der Waals surface area contributed by atoms with Crippen molar-refractivity contribution in [1.29, 1.82) is 0 Å². The van der Waals surface area contributed by atoms with Gasteiger partial charge in [0.2, 0.25) is 0 Å². The zero-order valence-electron chi connectivity index (χ0n) is 40.1. The topological polar surface area (TPSA) is 8.17 Å². The van der Waals surface area contributed by atoms with Crippen molar-refractivity contribution in [2.24, 2.45) is 0 Å². The fraction of sp³-hybridized carbons (Fsp3) is 0.0141. The Morgan fingerprint density at radius 1 is 0.274 bits per heavy atom. The van der Waals surface area contributed by atoms with E-state index in [1.165, 1.54) is 88.3 Å². The molecule has 1 heterocycles. The van der Waals surface area contributed by atoms with E-state index in [-0.39, 0.29) is 0 Å². The Morgan fingerprint density at radius 3 is 1.32 bits per heavy atom. The first kappa shape index (κ1) is 42.4. The molecule has 0 amide bonds. The monoisotopic (exact) mass is 928 g/mol. The minimum Gasteiger partial charge on any atom is -0.310 e. The first-order valence-corrected chi connectivity index (χ1v) is 25.2. The summed E-state index contributed by atoms with van der Waals surface area (Å²) in [5.74, 6) is 0. The molecule has 0 fully saturated rings. The highest BCUT2D eigenvalue weighted by Crippen LogP contribution is 2.56. The van der Waals surface area contributed by atoms with Gasteiger partial charge in [-0.05, 0) is 133 Å². The van der Waals surface area contributed by atoms with Gasteiger partial charge in [0.15, 0.2) is 0 Å². The van der Waals surface area contributed by atoms with Gasteiger partial charge in [-0.15, -0.1) is 0 Å². The first-order valence-electron chi connectivity index (χ1n) is 25.2. The van der Waals surface area contributed by atoms with Crippen LogP contribution < -0.4 is 4.90 Å². The Morgan fingerprint density at radius 2 is 0.699 bits per heavy atom. The van der Waals surface area contributed by atoms with Gasteiger partial charge in [-0.2, -0.15) is 0 Å². The summed E-state index contributed by atoms with van der Waals surface area (Å²) < 4.78 is 2.47. The lowest BCUT2D eigenvalue weighted by molar-refractivity contribution is 0.768. The summed E-state index contributed by atoms with van der Waals surface area (Å²) in [5, 5.41) is 4.82. The van der Waals surface area contributed by atoms with E-state index in [4.69, 9.17) is 0 Å². The minimum atomic E-state index is -0.450. The zero-order valence-corrected chi connectivity index (χ0v) is 40.1. The summed E-state index contributed by atoms with van der Waals surface area (Å²) in [6, 6.07) is 107. The molecular formula is C71H48N2. The average Bonchev–Trinajstić information content (AvgIpc) is 3.96. The van der Waals surface area contributed by atoms with Gasteiger partial charge in [0.05, 0.1) is 22.1 Å². The van der Waals surface area contributed by atoms with E-state index in [9.17, 15) is 0 Å². The second-order valence-electron chi connectivity index (χ2n) is 19.2. The lowest BCUT2D eigenvalue weighted by Gasteiger charge is -2.34. The molecule has 0 bridgehead atoms. The van der Waals surface area contributed by atoms with E-state index in [1.54, 1.807) is 0 Å². The number of hydrogen-bond acceptors (Lipinski definition) is 1. The quantitative estimate of drug-likeness (QED) is 0.140. The molecule has 0 radical (unpaired) electrons. The number of anilines is 3. The van der Waals surface area contributed by atoms with Crippen LogP contribution >= 0.6 is 0 Å². The summed E-state index contributed by atoms with van der Waals surface area (Å²) in [7, 11) is 0. The molecular weight excluding hydrogens is 881 g/mol. The molecule has 1 aliphatic carbocycles. The van der Waals surface area contributed by atoms with Crippen LogP contribution in [0.3, 0.4) is 0 Å². The first-order chi connectivity index (χ1) is 36.2. The van der Waals surface area contributed by atoms with Crippen molar-refractivity contribution in [2.45, 2.75) is 5.41 Å². The molecule has 0 saturated carbocycles. The van der Waals surface area contributed by atoms with Crippen LogP contribution in [0.15, 0.2) is 291 Å². The molecule has 13 aromatic rings. The van der Waals surface area contributed by atoms with Crippen molar-refractivity contribution in [1.82, 2.24) is 4.57 Å². The normalized spacial score (nSPS) is 12.5. The number of nitrogens with zero attached hydrogens (tertiary/aromatic N) is 2. The smallest absolute Gasteiger partial charge is 0.0713 e. The van der Waals surface area contributed by atoms with Crippen LogP contribution in [0.1, 0.15) is 22.3 Å².